The Morgan fingerprint density at radius 1 is 0.960 bits per heavy atom. The molecule has 1 aliphatic heterocycles. The third-order valence-corrected chi connectivity index (χ3v) is 10.3. The van der Waals surface area contributed by atoms with Crippen LogP contribution in [0, 0.1) is 27.1 Å². The molecule has 4 nitrogen and oxygen atoms in total. The summed E-state index contributed by atoms with van der Waals surface area (Å²) in [5, 5.41) is 3.37. The van der Waals surface area contributed by atoms with Crippen LogP contribution < -0.4 is 5.32 Å². The van der Waals surface area contributed by atoms with Gasteiger partial charge in [-0.1, -0.05) is 41.5 Å². The minimum Gasteiger partial charge on any atom is -0.448 e. The zero-order valence-electron chi connectivity index (χ0n) is 16.8. The van der Waals surface area contributed by atoms with Gasteiger partial charge in [0.15, 0.2) is 5.60 Å². The lowest BCUT2D eigenvalue weighted by Gasteiger charge is -2.42. The molecule has 1 amide bonds. The van der Waals surface area contributed by atoms with Crippen molar-refractivity contribution >= 4 is 11.9 Å². The molecule has 4 bridgehead atoms. The van der Waals surface area contributed by atoms with Crippen LogP contribution >= 0.6 is 0 Å². The summed E-state index contributed by atoms with van der Waals surface area (Å²) in [5.41, 5.74) is -1.46. The fourth-order valence-electron chi connectivity index (χ4n) is 6.73. The van der Waals surface area contributed by atoms with Crippen LogP contribution in [0.15, 0.2) is 0 Å². The highest BCUT2D eigenvalue weighted by molar-refractivity contribution is 5.96. The average molecular weight is 347 g/mol. The van der Waals surface area contributed by atoms with Crippen LogP contribution in [0.5, 0.6) is 0 Å². The number of amides is 1. The largest absolute Gasteiger partial charge is 0.448 e. The monoisotopic (exact) mass is 347 g/mol. The lowest BCUT2D eigenvalue weighted by atomic mass is 9.65. The Morgan fingerprint density at radius 2 is 1.60 bits per heavy atom. The molecular formula is C21H33NO3. The molecule has 3 saturated carbocycles. The molecule has 4 aliphatic rings. The van der Waals surface area contributed by atoms with Gasteiger partial charge >= 0.3 is 5.97 Å². The lowest BCUT2D eigenvalue weighted by Crippen LogP contribution is -2.58. The van der Waals surface area contributed by atoms with E-state index in [1.807, 2.05) is 20.8 Å². The number of fused-ring (bicyclic) bond motifs is 4. The van der Waals surface area contributed by atoms with Gasteiger partial charge in [-0.15, -0.1) is 0 Å². The maximum atomic E-state index is 13.4. The van der Waals surface area contributed by atoms with Crippen LogP contribution in [-0.4, -0.2) is 23.5 Å². The fraction of sp³-hybridized carbons (Fsp3) is 0.905. The highest BCUT2D eigenvalue weighted by Gasteiger charge is 2.76. The van der Waals surface area contributed by atoms with Crippen LogP contribution in [-0.2, 0) is 14.3 Å². The first-order chi connectivity index (χ1) is 11.3. The summed E-state index contributed by atoms with van der Waals surface area (Å²) in [4.78, 5) is 25.9. The SMILES string of the molecule is CC1(C)[C@@]2(C(=O)N[C@@H]3C[C@]4(C)CC[C@@]3(C)C4(C)C)CC[C@]1(C)C(=O)O2. The molecule has 1 saturated heterocycles. The van der Waals surface area contributed by atoms with Gasteiger partial charge in [-0.05, 0) is 55.3 Å². The summed E-state index contributed by atoms with van der Waals surface area (Å²) >= 11 is 0. The van der Waals surface area contributed by atoms with Gasteiger partial charge in [0.25, 0.3) is 5.91 Å². The van der Waals surface area contributed by atoms with E-state index in [0.717, 1.165) is 19.3 Å². The Hall–Kier alpha value is -1.06. The quantitative estimate of drug-likeness (QED) is 0.772. The molecule has 25 heavy (non-hydrogen) atoms. The second-order valence-electron chi connectivity index (χ2n) is 11.0. The number of hydrogen-bond acceptors (Lipinski definition) is 3. The molecule has 0 unspecified atom stereocenters. The second-order valence-corrected chi connectivity index (χ2v) is 11.0. The van der Waals surface area contributed by atoms with E-state index in [-0.39, 0.29) is 34.2 Å². The molecule has 1 N–H and O–H groups in total. The summed E-state index contributed by atoms with van der Waals surface area (Å²) in [7, 11) is 0. The van der Waals surface area contributed by atoms with Crippen LogP contribution in [0.2, 0.25) is 0 Å². The van der Waals surface area contributed by atoms with Crippen molar-refractivity contribution < 1.29 is 14.3 Å². The Kier molecular flexibility index (Phi) is 2.95. The average Bonchev–Trinajstić information content (AvgIpc) is 2.94. The van der Waals surface area contributed by atoms with Gasteiger partial charge < -0.3 is 10.1 Å². The van der Waals surface area contributed by atoms with Gasteiger partial charge in [0, 0.05) is 11.5 Å². The van der Waals surface area contributed by atoms with Gasteiger partial charge in [-0.3, -0.25) is 9.59 Å². The smallest absolute Gasteiger partial charge is 0.313 e. The molecule has 0 aromatic heterocycles. The summed E-state index contributed by atoms with van der Waals surface area (Å²) in [6.07, 6.45) is 4.77. The Bertz CT molecular complexity index is 683. The topological polar surface area (TPSA) is 55.4 Å². The predicted molar refractivity (Wildman–Crippen MR) is 95.7 cm³/mol. The van der Waals surface area contributed by atoms with Crippen LogP contribution in [0.3, 0.4) is 0 Å². The van der Waals surface area contributed by atoms with E-state index in [1.165, 1.54) is 6.42 Å². The minimum absolute atomic E-state index is 0.0646. The first-order valence-electron chi connectivity index (χ1n) is 9.82. The lowest BCUT2D eigenvalue weighted by molar-refractivity contribution is -0.169. The van der Waals surface area contributed by atoms with Crippen molar-refractivity contribution in [3.63, 3.8) is 0 Å². The van der Waals surface area contributed by atoms with E-state index in [2.05, 4.69) is 33.0 Å². The fourth-order valence-corrected chi connectivity index (χ4v) is 6.73. The molecule has 140 valence electrons. The molecule has 5 atom stereocenters. The van der Waals surface area contributed by atoms with E-state index >= 15 is 0 Å². The van der Waals surface area contributed by atoms with Crippen molar-refractivity contribution in [2.75, 3.05) is 0 Å². The number of hydrogen-bond donors (Lipinski definition) is 1. The summed E-state index contributed by atoms with van der Waals surface area (Å²) in [5.74, 6) is -0.268. The Morgan fingerprint density at radius 3 is 2.00 bits per heavy atom. The van der Waals surface area contributed by atoms with Crippen LogP contribution in [0.25, 0.3) is 0 Å². The first kappa shape index (κ1) is 17.4. The molecule has 3 aliphatic carbocycles. The van der Waals surface area contributed by atoms with E-state index in [9.17, 15) is 9.59 Å². The Balaban J connectivity index is 1.64. The van der Waals surface area contributed by atoms with E-state index in [1.54, 1.807) is 0 Å². The molecule has 4 rings (SSSR count). The van der Waals surface area contributed by atoms with Crippen LogP contribution in [0.1, 0.15) is 80.6 Å². The van der Waals surface area contributed by atoms with Crippen LogP contribution in [0.4, 0.5) is 0 Å². The number of carbonyl (C=O) groups is 2. The molecule has 0 aromatic carbocycles. The Labute approximate surface area is 151 Å². The number of carbonyl (C=O) groups excluding carboxylic acids is 2. The van der Waals surface area contributed by atoms with E-state index in [0.29, 0.717) is 6.42 Å². The summed E-state index contributed by atoms with van der Waals surface area (Å²) < 4.78 is 5.78. The molecule has 4 fully saturated rings. The summed E-state index contributed by atoms with van der Waals surface area (Å²) in [6.45, 7) is 15.4. The third kappa shape index (κ3) is 1.54. The van der Waals surface area contributed by atoms with Gasteiger partial charge in [0.05, 0.1) is 5.41 Å². The molecule has 0 spiro atoms. The third-order valence-electron chi connectivity index (χ3n) is 10.3. The maximum absolute atomic E-state index is 13.4. The zero-order valence-corrected chi connectivity index (χ0v) is 16.8. The van der Waals surface area contributed by atoms with Crippen molar-refractivity contribution in [2.45, 2.75) is 92.2 Å². The predicted octanol–water partition coefficient (Wildman–Crippen LogP) is 3.83. The second kappa shape index (κ2) is 4.26. The normalized spacial score (nSPS) is 51.6. The molecule has 0 radical (unpaired) electrons. The standard InChI is InChI=1S/C21H33NO3/c1-16(2)18(5)8-9-19(16,6)13(12-18)22-14(23)21-11-10-20(7,15(24)25-21)17(21,3)4/h13H,8-12H2,1-7H3,(H,22,23)/t13-,18+,19-,20-,21+/m1/s1. The summed E-state index contributed by atoms with van der Waals surface area (Å²) in [6, 6.07) is 0.157. The molecule has 0 aromatic rings. The van der Waals surface area contributed by atoms with Crippen molar-refractivity contribution in [1.82, 2.24) is 5.32 Å². The van der Waals surface area contributed by atoms with Crippen molar-refractivity contribution in [3.05, 3.63) is 0 Å². The van der Waals surface area contributed by atoms with Crippen molar-refractivity contribution in [3.8, 4) is 0 Å². The first-order valence-corrected chi connectivity index (χ1v) is 9.82. The van der Waals surface area contributed by atoms with E-state index < -0.39 is 16.4 Å². The van der Waals surface area contributed by atoms with E-state index in [4.69, 9.17) is 4.74 Å². The maximum Gasteiger partial charge on any atom is 0.313 e. The number of esters is 1. The van der Waals surface area contributed by atoms with Crippen molar-refractivity contribution in [2.24, 2.45) is 27.1 Å². The van der Waals surface area contributed by atoms with Gasteiger partial charge in [-0.2, -0.15) is 0 Å². The minimum atomic E-state index is -0.998. The molecular weight excluding hydrogens is 314 g/mol. The number of ether oxygens (including phenoxy) is 1. The van der Waals surface area contributed by atoms with Gasteiger partial charge in [-0.25, -0.2) is 0 Å². The highest BCUT2D eigenvalue weighted by atomic mass is 16.6. The zero-order chi connectivity index (χ0) is 18.7. The van der Waals surface area contributed by atoms with Gasteiger partial charge in [0.2, 0.25) is 0 Å². The van der Waals surface area contributed by atoms with Crippen molar-refractivity contribution in [1.29, 1.82) is 0 Å². The number of rotatable bonds is 2. The highest BCUT2D eigenvalue weighted by Crippen LogP contribution is 2.72. The molecule has 4 heteroatoms. The molecule has 1 heterocycles. The van der Waals surface area contributed by atoms with Gasteiger partial charge in [0.1, 0.15) is 0 Å². The number of nitrogens with one attached hydrogen (secondary N) is 1.